The molecule has 0 amide bonds. The average Bonchev–Trinajstić information content (AvgIpc) is 2.78. The van der Waals surface area contributed by atoms with Crippen LogP contribution in [0, 0.1) is 0 Å². The third-order valence-electron chi connectivity index (χ3n) is 2.75. The molecule has 0 fully saturated rings. The number of rotatable bonds is 1. The lowest BCUT2D eigenvalue weighted by atomic mass is 9.94. The molecule has 0 aliphatic heterocycles. The normalized spacial score (nSPS) is 21.9. The Kier molecular flexibility index (Phi) is 1.91. The molecule has 2 nitrogen and oxygen atoms in total. The molecule has 72 valence electrons. The average molecular weight is 204 g/mol. The van der Waals surface area contributed by atoms with E-state index in [4.69, 9.17) is 0 Å². The summed E-state index contributed by atoms with van der Waals surface area (Å²) in [7, 11) is 0. The van der Waals surface area contributed by atoms with Crippen LogP contribution in [0.25, 0.3) is 4.96 Å². The van der Waals surface area contributed by atoms with E-state index < -0.39 is 0 Å². The maximum atomic E-state index is 4.63. The maximum absolute atomic E-state index is 4.63. The molecule has 1 atom stereocenters. The molecule has 0 saturated heterocycles. The molecule has 0 saturated carbocycles. The Morgan fingerprint density at radius 2 is 2.50 bits per heavy atom. The smallest absolute Gasteiger partial charge is 0.193 e. The van der Waals surface area contributed by atoms with Crippen molar-refractivity contribution in [2.24, 2.45) is 0 Å². The zero-order valence-electron chi connectivity index (χ0n) is 7.89. The summed E-state index contributed by atoms with van der Waals surface area (Å²) in [6, 6.07) is 0. The Bertz CT molecular complexity index is 438. The van der Waals surface area contributed by atoms with Gasteiger partial charge < -0.3 is 0 Å². The van der Waals surface area contributed by atoms with Crippen LogP contribution in [0.15, 0.2) is 29.9 Å². The van der Waals surface area contributed by atoms with Gasteiger partial charge in [0.15, 0.2) is 4.96 Å². The first-order chi connectivity index (χ1) is 6.93. The monoisotopic (exact) mass is 204 g/mol. The molecule has 0 bridgehead atoms. The Morgan fingerprint density at radius 3 is 3.29 bits per heavy atom. The summed E-state index contributed by atoms with van der Waals surface area (Å²) in [6.07, 6.45) is 12.6. The standard InChI is InChI=1S/C11H12N2S/c1-2-4-9(5-3-1)10-8-13-6-7-14-11(13)12-10/h2,4,6-9H,1,3,5H2. The highest BCUT2D eigenvalue weighted by molar-refractivity contribution is 7.15. The molecule has 1 aliphatic rings. The third-order valence-corrected chi connectivity index (χ3v) is 3.52. The molecule has 0 aromatic carbocycles. The topological polar surface area (TPSA) is 17.3 Å². The summed E-state index contributed by atoms with van der Waals surface area (Å²) >= 11 is 1.70. The quantitative estimate of drug-likeness (QED) is 0.652. The van der Waals surface area contributed by atoms with Crippen LogP contribution in [-0.4, -0.2) is 9.38 Å². The Morgan fingerprint density at radius 1 is 1.50 bits per heavy atom. The highest BCUT2D eigenvalue weighted by Crippen LogP contribution is 2.27. The van der Waals surface area contributed by atoms with Crippen molar-refractivity contribution in [2.75, 3.05) is 0 Å². The molecular weight excluding hydrogens is 192 g/mol. The predicted molar refractivity (Wildman–Crippen MR) is 58.8 cm³/mol. The van der Waals surface area contributed by atoms with E-state index in [-0.39, 0.29) is 0 Å². The van der Waals surface area contributed by atoms with Gasteiger partial charge in [0.1, 0.15) is 0 Å². The van der Waals surface area contributed by atoms with Gasteiger partial charge in [-0.2, -0.15) is 0 Å². The molecule has 1 aliphatic carbocycles. The number of aromatic nitrogens is 2. The minimum Gasteiger partial charge on any atom is -0.297 e. The molecule has 14 heavy (non-hydrogen) atoms. The first-order valence-electron chi connectivity index (χ1n) is 5.02. The van der Waals surface area contributed by atoms with Gasteiger partial charge in [0, 0.05) is 23.7 Å². The van der Waals surface area contributed by atoms with Crippen LogP contribution in [0.5, 0.6) is 0 Å². The van der Waals surface area contributed by atoms with Crippen LogP contribution in [0.2, 0.25) is 0 Å². The van der Waals surface area contributed by atoms with Crippen LogP contribution in [0.4, 0.5) is 0 Å². The largest absolute Gasteiger partial charge is 0.297 e. The molecule has 0 N–H and O–H groups in total. The van der Waals surface area contributed by atoms with Crippen molar-refractivity contribution >= 4 is 16.3 Å². The fourth-order valence-corrected chi connectivity index (χ4v) is 2.69. The van der Waals surface area contributed by atoms with E-state index in [2.05, 4.69) is 39.3 Å². The lowest BCUT2D eigenvalue weighted by molar-refractivity contribution is 0.644. The van der Waals surface area contributed by atoms with Gasteiger partial charge >= 0.3 is 0 Å². The molecule has 1 unspecified atom stereocenters. The van der Waals surface area contributed by atoms with Crippen molar-refractivity contribution < 1.29 is 0 Å². The van der Waals surface area contributed by atoms with Gasteiger partial charge in [-0.1, -0.05) is 12.2 Å². The molecule has 2 heterocycles. The Balaban J connectivity index is 2.00. The Hall–Kier alpha value is -1.09. The highest BCUT2D eigenvalue weighted by Gasteiger charge is 2.14. The number of allylic oxidation sites excluding steroid dienone is 2. The molecular formula is C11H12N2S. The maximum Gasteiger partial charge on any atom is 0.193 e. The van der Waals surface area contributed by atoms with Crippen LogP contribution in [-0.2, 0) is 0 Å². The van der Waals surface area contributed by atoms with Crippen molar-refractivity contribution in [3.8, 4) is 0 Å². The van der Waals surface area contributed by atoms with Crippen molar-refractivity contribution in [3.05, 3.63) is 35.6 Å². The van der Waals surface area contributed by atoms with Crippen molar-refractivity contribution in [1.82, 2.24) is 9.38 Å². The van der Waals surface area contributed by atoms with E-state index >= 15 is 0 Å². The summed E-state index contributed by atoms with van der Waals surface area (Å²) in [5.74, 6) is 0.552. The molecule has 0 spiro atoms. The molecule has 3 rings (SSSR count). The minimum atomic E-state index is 0.552. The second-order valence-electron chi connectivity index (χ2n) is 3.72. The molecule has 2 aromatic heterocycles. The van der Waals surface area contributed by atoms with Gasteiger partial charge in [-0.15, -0.1) is 11.3 Å². The van der Waals surface area contributed by atoms with E-state index in [9.17, 15) is 0 Å². The number of hydrogen-bond acceptors (Lipinski definition) is 2. The van der Waals surface area contributed by atoms with E-state index in [0.717, 1.165) is 4.96 Å². The van der Waals surface area contributed by atoms with Gasteiger partial charge in [0.25, 0.3) is 0 Å². The summed E-state index contributed by atoms with van der Waals surface area (Å²) in [5.41, 5.74) is 1.23. The number of imidazole rings is 1. The first kappa shape index (κ1) is 8.24. The zero-order valence-corrected chi connectivity index (χ0v) is 8.70. The van der Waals surface area contributed by atoms with Gasteiger partial charge in [-0.3, -0.25) is 4.40 Å². The minimum absolute atomic E-state index is 0.552. The van der Waals surface area contributed by atoms with Gasteiger partial charge in [0.2, 0.25) is 0 Å². The van der Waals surface area contributed by atoms with Gasteiger partial charge in [-0.05, 0) is 19.3 Å². The van der Waals surface area contributed by atoms with Crippen LogP contribution in [0.3, 0.4) is 0 Å². The van der Waals surface area contributed by atoms with Crippen LogP contribution in [0.1, 0.15) is 30.9 Å². The number of hydrogen-bond donors (Lipinski definition) is 0. The number of nitrogens with zero attached hydrogens (tertiary/aromatic N) is 2. The zero-order chi connectivity index (χ0) is 9.38. The number of fused-ring (bicyclic) bond motifs is 1. The Labute approximate surface area is 86.9 Å². The van der Waals surface area contributed by atoms with E-state index in [1.807, 2.05) is 0 Å². The van der Waals surface area contributed by atoms with E-state index in [1.54, 1.807) is 11.3 Å². The van der Waals surface area contributed by atoms with Gasteiger partial charge in [-0.25, -0.2) is 4.98 Å². The summed E-state index contributed by atoms with van der Waals surface area (Å²) in [4.78, 5) is 5.74. The van der Waals surface area contributed by atoms with Crippen molar-refractivity contribution in [2.45, 2.75) is 25.2 Å². The molecule has 3 heteroatoms. The fourth-order valence-electron chi connectivity index (χ4n) is 1.98. The second kappa shape index (κ2) is 3.24. The van der Waals surface area contributed by atoms with Crippen LogP contribution < -0.4 is 0 Å². The van der Waals surface area contributed by atoms with Crippen LogP contribution >= 0.6 is 11.3 Å². The molecule has 0 radical (unpaired) electrons. The van der Waals surface area contributed by atoms with E-state index in [0.29, 0.717) is 5.92 Å². The van der Waals surface area contributed by atoms with Crippen molar-refractivity contribution in [3.63, 3.8) is 0 Å². The van der Waals surface area contributed by atoms with E-state index in [1.165, 1.54) is 25.0 Å². The highest BCUT2D eigenvalue weighted by atomic mass is 32.1. The summed E-state index contributed by atoms with van der Waals surface area (Å²) in [6.45, 7) is 0. The lowest BCUT2D eigenvalue weighted by Crippen LogP contribution is -1.99. The molecule has 2 aromatic rings. The SMILES string of the molecule is C1=CC(c2cn3ccsc3n2)CCC1. The van der Waals surface area contributed by atoms with Crippen molar-refractivity contribution in [1.29, 1.82) is 0 Å². The predicted octanol–water partition coefficient (Wildman–Crippen LogP) is 3.22. The fraction of sp³-hybridized carbons (Fsp3) is 0.364. The number of thiazole rings is 1. The summed E-state index contributed by atoms with van der Waals surface area (Å²) in [5, 5.41) is 2.07. The lowest BCUT2D eigenvalue weighted by Gasteiger charge is -2.12. The second-order valence-corrected chi connectivity index (χ2v) is 4.60. The first-order valence-corrected chi connectivity index (χ1v) is 5.90. The summed E-state index contributed by atoms with van der Waals surface area (Å²) < 4.78 is 2.11. The van der Waals surface area contributed by atoms with Gasteiger partial charge in [0.05, 0.1) is 5.69 Å². The third kappa shape index (κ3) is 1.28.